The molecule has 0 aliphatic carbocycles. The average Bonchev–Trinajstić information content (AvgIpc) is 3.26. The number of carbonyl (C=O) groups excluding carboxylic acids is 1. The molecule has 3 atom stereocenters. The number of aliphatic hydroxyl groups is 1. The third-order valence-corrected chi connectivity index (χ3v) is 7.85. The van der Waals surface area contributed by atoms with Crippen LogP contribution in [0.2, 0.25) is 5.02 Å². The summed E-state index contributed by atoms with van der Waals surface area (Å²) in [5, 5.41) is 14.7. The van der Waals surface area contributed by atoms with E-state index in [1.54, 1.807) is 13.1 Å². The minimum absolute atomic E-state index is 0.0371. The number of carbonyl (C=O) groups is 1. The lowest BCUT2D eigenvalue weighted by atomic mass is 9.69. The number of nitrogens with one attached hydrogen (secondary N) is 1. The normalized spacial score (nSPS) is 21.9. The number of benzene rings is 1. The van der Waals surface area contributed by atoms with Crippen LogP contribution >= 0.6 is 22.9 Å². The van der Waals surface area contributed by atoms with E-state index in [1.807, 2.05) is 6.92 Å². The molecule has 1 fully saturated rings. The van der Waals surface area contributed by atoms with E-state index in [9.17, 15) is 18.7 Å². The summed E-state index contributed by atoms with van der Waals surface area (Å²) in [7, 11) is 7.49. The second-order valence-corrected chi connectivity index (χ2v) is 10.9. The fourth-order valence-corrected chi connectivity index (χ4v) is 5.78. The number of aromatic nitrogens is 2. The molecular formula is C25H26BClF2N4O3S. The Labute approximate surface area is 224 Å². The van der Waals surface area contributed by atoms with E-state index in [-0.39, 0.29) is 42.1 Å². The molecule has 1 aromatic carbocycles. The number of likely N-dealkylation sites (tertiary alicyclic amines) is 1. The van der Waals surface area contributed by atoms with Crippen molar-refractivity contribution in [2.24, 2.45) is 5.41 Å². The zero-order valence-corrected chi connectivity index (χ0v) is 22.2. The molecule has 2 aromatic heterocycles. The van der Waals surface area contributed by atoms with E-state index in [0.717, 1.165) is 4.88 Å². The number of ether oxygens (including phenoxy) is 1. The second kappa shape index (κ2) is 10.6. The summed E-state index contributed by atoms with van der Waals surface area (Å²) in [5.41, 5.74) is -3.41. The van der Waals surface area contributed by atoms with Crippen molar-refractivity contribution in [1.82, 2.24) is 14.9 Å². The van der Waals surface area contributed by atoms with Crippen LogP contribution in [0.25, 0.3) is 0 Å². The molecule has 37 heavy (non-hydrogen) atoms. The Hall–Kier alpha value is -2.60. The largest absolute Gasteiger partial charge is 0.469 e. The average molecular weight is 547 g/mol. The number of esters is 1. The third kappa shape index (κ3) is 5.50. The van der Waals surface area contributed by atoms with Crippen LogP contribution in [0.5, 0.6) is 0 Å². The molecule has 0 amide bonds. The van der Waals surface area contributed by atoms with E-state index >= 15 is 0 Å². The first kappa shape index (κ1) is 27.4. The number of aryl methyl sites for hydroxylation is 1. The smallest absolute Gasteiger partial charge is 0.312 e. The molecular weight excluding hydrogens is 521 g/mol. The maximum absolute atomic E-state index is 14.9. The van der Waals surface area contributed by atoms with Crippen LogP contribution in [0.15, 0.2) is 36.5 Å². The van der Waals surface area contributed by atoms with Gasteiger partial charge in [0.1, 0.15) is 25.3 Å². The summed E-state index contributed by atoms with van der Waals surface area (Å²) in [6.45, 7) is 3.78. The number of hydrogen-bond acceptors (Lipinski definition) is 8. The second-order valence-electron chi connectivity index (χ2n) is 9.30. The van der Waals surface area contributed by atoms with Gasteiger partial charge in [-0.1, -0.05) is 23.7 Å². The van der Waals surface area contributed by atoms with Gasteiger partial charge in [-0.2, -0.15) is 0 Å². The van der Waals surface area contributed by atoms with Crippen molar-refractivity contribution in [2.45, 2.75) is 44.8 Å². The Kier molecular flexibility index (Phi) is 7.89. The summed E-state index contributed by atoms with van der Waals surface area (Å²) in [6.07, 6.45) is 2.00. The van der Waals surface area contributed by atoms with Crippen molar-refractivity contribution >= 4 is 47.7 Å². The van der Waals surface area contributed by atoms with Crippen LogP contribution in [0.1, 0.15) is 35.9 Å². The van der Waals surface area contributed by atoms with Gasteiger partial charge in [0.25, 0.3) is 0 Å². The van der Waals surface area contributed by atoms with Gasteiger partial charge in [0.2, 0.25) is 0 Å². The number of piperidine rings is 1. The summed E-state index contributed by atoms with van der Waals surface area (Å²) < 4.78 is 34.7. The fraction of sp³-hybridized carbons (Fsp3) is 0.400. The van der Waals surface area contributed by atoms with Crippen molar-refractivity contribution in [1.29, 1.82) is 0 Å². The minimum Gasteiger partial charge on any atom is -0.469 e. The van der Waals surface area contributed by atoms with Gasteiger partial charge in [-0.05, 0) is 44.9 Å². The topological polar surface area (TPSA) is 87.6 Å². The molecule has 2 N–H and O–H groups in total. The molecule has 1 saturated heterocycles. The Bertz CT molecular complexity index is 1310. The van der Waals surface area contributed by atoms with Crippen LogP contribution in [-0.2, 0) is 21.6 Å². The SMILES string of the molecule is [B]C(O)(c1cccc(Cl)c1F)N1CCC(Cc2nc(Nc3ncc(C)s3)ccc2F)(C(=O)OC)CC1C. The predicted octanol–water partition coefficient (Wildman–Crippen LogP) is 4.68. The van der Waals surface area contributed by atoms with Gasteiger partial charge < -0.3 is 15.2 Å². The van der Waals surface area contributed by atoms with Crippen molar-refractivity contribution in [3.8, 4) is 0 Å². The van der Waals surface area contributed by atoms with Gasteiger partial charge in [-0.25, -0.2) is 18.7 Å². The van der Waals surface area contributed by atoms with Gasteiger partial charge >= 0.3 is 5.97 Å². The molecule has 3 heterocycles. The van der Waals surface area contributed by atoms with Gasteiger partial charge in [0.15, 0.2) is 5.13 Å². The molecule has 7 nitrogen and oxygen atoms in total. The minimum atomic E-state index is -2.18. The molecule has 3 aromatic rings. The van der Waals surface area contributed by atoms with Crippen LogP contribution in [0.4, 0.5) is 19.7 Å². The lowest BCUT2D eigenvalue weighted by molar-refractivity contribution is -0.163. The first-order valence-electron chi connectivity index (χ1n) is 11.6. The number of anilines is 2. The highest BCUT2D eigenvalue weighted by Gasteiger charge is 2.49. The monoisotopic (exact) mass is 546 g/mol. The summed E-state index contributed by atoms with van der Waals surface area (Å²) in [6, 6.07) is 6.49. The molecule has 3 unspecified atom stereocenters. The van der Waals surface area contributed by atoms with Gasteiger partial charge in [-0.3, -0.25) is 9.69 Å². The Morgan fingerprint density at radius 2 is 2.16 bits per heavy atom. The Balaban J connectivity index is 1.60. The number of hydrogen-bond donors (Lipinski definition) is 2. The van der Waals surface area contributed by atoms with Gasteiger partial charge in [-0.15, -0.1) is 11.3 Å². The van der Waals surface area contributed by atoms with Crippen LogP contribution in [0, 0.1) is 24.0 Å². The lowest BCUT2D eigenvalue weighted by Crippen LogP contribution is -2.58. The number of halogens is 3. The molecule has 12 heteroatoms. The van der Waals surface area contributed by atoms with E-state index in [0.29, 0.717) is 10.9 Å². The molecule has 0 saturated carbocycles. The molecule has 2 radical (unpaired) electrons. The molecule has 0 bridgehead atoms. The molecule has 1 aliphatic rings. The number of thiazole rings is 1. The number of rotatable bonds is 7. The fourth-order valence-electron chi connectivity index (χ4n) is 4.94. The van der Waals surface area contributed by atoms with E-state index in [4.69, 9.17) is 24.2 Å². The van der Waals surface area contributed by atoms with Gasteiger partial charge in [0, 0.05) is 35.6 Å². The third-order valence-electron chi connectivity index (χ3n) is 6.73. The number of nitrogens with zero attached hydrogens (tertiary/aromatic N) is 3. The maximum Gasteiger partial charge on any atom is 0.312 e. The Morgan fingerprint density at radius 1 is 1.41 bits per heavy atom. The summed E-state index contributed by atoms with van der Waals surface area (Å²) in [4.78, 5) is 24.2. The van der Waals surface area contributed by atoms with Gasteiger partial charge in [0.05, 0.1) is 28.9 Å². The van der Waals surface area contributed by atoms with Crippen LogP contribution in [0.3, 0.4) is 0 Å². The molecule has 0 spiro atoms. The van der Waals surface area contributed by atoms with Crippen molar-refractivity contribution in [3.05, 3.63) is 69.3 Å². The number of pyridine rings is 1. The highest BCUT2D eigenvalue weighted by atomic mass is 35.5. The van der Waals surface area contributed by atoms with E-state index in [2.05, 4.69) is 15.3 Å². The van der Waals surface area contributed by atoms with Crippen LogP contribution in [-0.4, -0.2) is 53.5 Å². The maximum atomic E-state index is 14.9. The predicted molar refractivity (Wildman–Crippen MR) is 139 cm³/mol. The summed E-state index contributed by atoms with van der Waals surface area (Å²) >= 11 is 7.33. The first-order valence-corrected chi connectivity index (χ1v) is 12.8. The van der Waals surface area contributed by atoms with Crippen molar-refractivity contribution in [3.63, 3.8) is 0 Å². The van der Waals surface area contributed by atoms with E-state index in [1.165, 1.54) is 53.7 Å². The van der Waals surface area contributed by atoms with E-state index < -0.39 is 34.7 Å². The Morgan fingerprint density at radius 3 is 2.81 bits per heavy atom. The highest BCUT2D eigenvalue weighted by Crippen LogP contribution is 2.43. The highest BCUT2D eigenvalue weighted by molar-refractivity contribution is 7.15. The zero-order valence-electron chi connectivity index (χ0n) is 20.6. The quantitative estimate of drug-likeness (QED) is 0.329. The zero-order chi connectivity index (χ0) is 27.0. The summed E-state index contributed by atoms with van der Waals surface area (Å²) in [5.74, 6) is -1.51. The van der Waals surface area contributed by atoms with Crippen molar-refractivity contribution < 1.29 is 23.4 Å². The molecule has 194 valence electrons. The van der Waals surface area contributed by atoms with Crippen molar-refractivity contribution in [2.75, 3.05) is 19.0 Å². The molecule has 4 rings (SSSR count). The first-order chi connectivity index (χ1) is 17.5. The lowest BCUT2D eigenvalue weighted by Gasteiger charge is -2.50. The molecule has 1 aliphatic heterocycles. The van der Waals surface area contributed by atoms with Crippen LogP contribution < -0.4 is 5.32 Å². The number of methoxy groups -OCH3 is 1. The standard InChI is InChI=1S/C25H26BClF2N4O3S/c1-14-11-24(22(34)36-3,9-10-33(14)25(26,35)16-5-4-6-17(27)21(16)29)12-19-18(28)7-8-20(31-19)32-23-30-13-15(2)37-23/h4-8,13-14,35H,9-12H2,1-3H3,(H,30,31,32).